The molecule has 1 atom stereocenters. The Hall–Kier alpha value is -5.42. The number of para-hydroxylation sites is 1. The molecule has 4 heterocycles. The van der Waals surface area contributed by atoms with Crippen LogP contribution in [-0.2, 0) is 10.8 Å². The van der Waals surface area contributed by atoms with E-state index in [4.69, 9.17) is 0 Å². The molecular formula is C43H41N5. The highest BCUT2D eigenvalue weighted by molar-refractivity contribution is 6.12. The number of hydrogen-bond acceptors (Lipinski definition) is 4. The lowest BCUT2D eigenvalue weighted by Gasteiger charge is -2.42. The van der Waals surface area contributed by atoms with Gasteiger partial charge >= 0.3 is 0 Å². The number of fused-ring (bicyclic) bond motifs is 5. The van der Waals surface area contributed by atoms with Gasteiger partial charge in [0.25, 0.3) is 0 Å². The Morgan fingerprint density at radius 1 is 0.562 bits per heavy atom. The second-order valence-electron chi connectivity index (χ2n) is 14.7. The van der Waals surface area contributed by atoms with Gasteiger partial charge in [-0.15, -0.1) is 0 Å². The van der Waals surface area contributed by atoms with Gasteiger partial charge in [0.15, 0.2) is 0 Å². The number of rotatable bonds is 4. The summed E-state index contributed by atoms with van der Waals surface area (Å²) in [5.74, 6) is 0. The van der Waals surface area contributed by atoms with Crippen LogP contribution in [0.3, 0.4) is 0 Å². The molecular weight excluding hydrogens is 587 g/mol. The van der Waals surface area contributed by atoms with E-state index in [-0.39, 0.29) is 5.41 Å². The zero-order valence-corrected chi connectivity index (χ0v) is 28.4. The highest BCUT2D eigenvalue weighted by Crippen LogP contribution is 2.55. The lowest BCUT2D eigenvalue weighted by Crippen LogP contribution is -2.36. The summed E-state index contributed by atoms with van der Waals surface area (Å²) in [7, 11) is 4.25. The van der Waals surface area contributed by atoms with Crippen molar-refractivity contribution in [3.63, 3.8) is 0 Å². The van der Waals surface area contributed by atoms with Crippen molar-refractivity contribution in [3.8, 4) is 5.69 Å². The Balaban J connectivity index is 1.43. The standard InChI is InChI=1S/C43H41N5/c1-42(2,3)31-17-19-39-36(26-31)35-15-10-16-37-41(35)48(39)40-20-18-34(47-24-22-45(5)29-47)27-38(40)43(37,30-11-7-6-8-12-30)32-13-9-14-33(25-32)46-23-21-44(4)28-46/h6-27H,28-29H2,1-5H3. The number of hydrogen-bond donors (Lipinski definition) is 0. The average Bonchev–Trinajstić information content (AvgIpc) is 3.82. The number of anilines is 2. The molecule has 0 aliphatic carbocycles. The topological polar surface area (TPSA) is 17.9 Å². The summed E-state index contributed by atoms with van der Waals surface area (Å²) in [6, 6.07) is 41.6. The van der Waals surface area contributed by atoms with Crippen LogP contribution >= 0.6 is 0 Å². The van der Waals surface area contributed by atoms with E-state index in [2.05, 4.69) is 193 Å². The Morgan fingerprint density at radius 3 is 1.94 bits per heavy atom. The van der Waals surface area contributed by atoms with Crippen LogP contribution in [0.15, 0.2) is 134 Å². The van der Waals surface area contributed by atoms with Crippen LogP contribution in [0.25, 0.3) is 27.5 Å². The molecule has 0 spiro atoms. The van der Waals surface area contributed by atoms with Crippen LogP contribution in [0.2, 0.25) is 0 Å². The van der Waals surface area contributed by atoms with Crippen molar-refractivity contribution in [2.45, 2.75) is 31.6 Å². The van der Waals surface area contributed by atoms with Crippen molar-refractivity contribution in [2.24, 2.45) is 0 Å². The van der Waals surface area contributed by atoms with E-state index in [0.29, 0.717) is 0 Å². The first-order valence-electron chi connectivity index (χ1n) is 16.9. The van der Waals surface area contributed by atoms with Crippen molar-refractivity contribution in [1.29, 1.82) is 0 Å². The van der Waals surface area contributed by atoms with E-state index in [1.807, 2.05) is 0 Å². The van der Waals surface area contributed by atoms with Gasteiger partial charge in [-0.05, 0) is 75.7 Å². The molecule has 0 saturated heterocycles. The first-order chi connectivity index (χ1) is 23.2. The molecule has 0 saturated carbocycles. The van der Waals surface area contributed by atoms with E-state index in [1.165, 1.54) is 66.7 Å². The highest BCUT2D eigenvalue weighted by atomic mass is 15.3. The molecule has 0 radical (unpaired) electrons. The maximum absolute atomic E-state index is 2.54. The summed E-state index contributed by atoms with van der Waals surface area (Å²) in [6.07, 6.45) is 8.67. The van der Waals surface area contributed by atoms with Crippen molar-refractivity contribution in [3.05, 3.63) is 162 Å². The fourth-order valence-electron chi connectivity index (χ4n) is 8.22. The van der Waals surface area contributed by atoms with Gasteiger partial charge < -0.3 is 24.2 Å². The van der Waals surface area contributed by atoms with Gasteiger partial charge in [0.1, 0.15) is 0 Å². The largest absolute Gasteiger partial charge is 0.361 e. The Kier molecular flexibility index (Phi) is 6.17. The first kappa shape index (κ1) is 28.8. The summed E-state index contributed by atoms with van der Waals surface area (Å²) >= 11 is 0. The number of nitrogens with zero attached hydrogens (tertiary/aromatic N) is 5. The Morgan fingerprint density at radius 2 is 1.25 bits per heavy atom. The first-order valence-corrected chi connectivity index (χ1v) is 16.9. The normalized spacial score (nSPS) is 18.5. The second-order valence-corrected chi connectivity index (χ2v) is 14.7. The summed E-state index contributed by atoms with van der Waals surface area (Å²) in [5, 5.41) is 2.61. The summed E-state index contributed by atoms with van der Waals surface area (Å²) in [5.41, 5.74) is 12.1. The predicted octanol–water partition coefficient (Wildman–Crippen LogP) is 9.14. The zero-order valence-electron chi connectivity index (χ0n) is 28.4. The van der Waals surface area contributed by atoms with Crippen LogP contribution in [0.1, 0.15) is 48.6 Å². The van der Waals surface area contributed by atoms with Crippen LogP contribution < -0.4 is 9.80 Å². The second kappa shape index (κ2) is 10.3. The van der Waals surface area contributed by atoms with Gasteiger partial charge in [-0.2, -0.15) is 0 Å². The molecule has 48 heavy (non-hydrogen) atoms. The van der Waals surface area contributed by atoms with Crippen molar-refractivity contribution in [2.75, 3.05) is 37.2 Å². The Labute approximate surface area is 283 Å². The number of benzene rings is 5. The molecule has 5 heteroatoms. The van der Waals surface area contributed by atoms with E-state index in [9.17, 15) is 0 Å². The smallest absolute Gasteiger partial charge is 0.0938 e. The fraction of sp³-hybridized carbons (Fsp3) is 0.209. The molecule has 6 aromatic rings. The molecule has 5 nitrogen and oxygen atoms in total. The van der Waals surface area contributed by atoms with Gasteiger partial charge in [0, 0.05) is 61.0 Å². The SMILES string of the molecule is CN1C=CN(c2cccc(C3(c4ccccc4)c4cc(N5C=CN(C)C5)ccc4-n4c5ccc(C(C)(C)C)cc5c5cccc3c54)c2)C1. The third-order valence-electron chi connectivity index (χ3n) is 10.6. The minimum absolute atomic E-state index is 0.0515. The molecule has 5 aromatic carbocycles. The molecule has 0 amide bonds. The van der Waals surface area contributed by atoms with Gasteiger partial charge in [0.2, 0.25) is 0 Å². The molecule has 3 aliphatic heterocycles. The summed E-state index contributed by atoms with van der Waals surface area (Å²) in [6.45, 7) is 8.57. The molecule has 9 rings (SSSR count). The Bertz CT molecular complexity index is 2290. The molecule has 0 fully saturated rings. The van der Waals surface area contributed by atoms with Crippen LogP contribution in [0.5, 0.6) is 0 Å². The van der Waals surface area contributed by atoms with Crippen molar-refractivity contribution < 1.29 is 0 Å². The maximum atomic E-state index is 2.54. The van der Waals surface area contributed by atoms with Crippen LogP contribution in [0, 0.1) is 0 Å². The van der Waals surface area contributed by atoms with E-state index >= 15 is 0 Å². The lowest BCUT2D eigenvalue weighted by molar-refractivity contribution is 0.495. The van der Waals surface area contributed by atoms with Crippen molar-refractivity contribution in [1.82, 2.24) is 14.4 Å². The molecule has 3 aliphatic rings. The van der Waals surface area contributed by atoms with Gasteiger partial charge in [0.05, 0.1) is 35.5 Å². The number of aromatic nitrogens is 1. The van der Waals surface area contributed by atoms with E-state index in [0.717, 1.165) is 13.3 Å². The maximum Gasteiger partial charge on any atom is 0.0938 e. The average molecular weight is 628 g/mol. The van der Waals surface area contributed by atoms with Gasteiger partial charge in [-0.3, -0.25) is 0 Å². The monoisotopic (exact) mass is 627 g/mol. The van der Waals surface area contributed by atoms with E-state index in [1.54, 1.807) is 0 Å². The van der Waals surface area contributed by atoms with E-state index < -0.39 is 5.41 Å². The molecule has 1 aromatic heterocycles. The molecule has 1 unspecified atom stereocenters. The fourth-order valence-corrected chi connectivity index (χ4v) is 8.22. The third-order valence-corrected chi connectivity index (χ3v) is 10.6. The van der Waals surface area contributed by atoms with Crippen molar-refractivity contribution >= 4 is 33.2 Å². The molecule has 0 N–H and O–H groups in total. The summed E-state index contributed by atoms with van der Waals surface area (Å²) in [4.78, 5) is 9.11. The highest BCUT2D eigenvalue weighted by Gasteiger charge is 2.46. The quantitative estimate of drug-likeness (QED) is 0.194. The van der Waals surface area contributed by atoms with Gasteiger partial charge in [-0.25, -0.2) is 0 Å². The third kappa shape index (κ3) is 4.10. The minimum atomic E-state index is -0.565. The molecule has 238 valence electrons. The minimum Gasteiger partial charge on any atom is -0.361 e. The molecule has 0 bridgehead atoms. The van der Waals surface area contributed by atoms with Crippen LogP contribution in [-0.4, -0.2) is 41.8 Å². The predicted molar refractivity (Wildman–Crippen MR) is 200 cm³/mol. The summed E-state index contributed by atoms with van der Waals surface area (Å²) < 4.78 is 2.54. The zero-order chi connectivity index (χ0) is 32.8. The van der Waals surface area contributed by atoms with Gasteiger partial charge in [-0.1, -0.05) is 87.5 Å². The lowest BCUT2D eigenvalue weighted by atomic mass is 9.63. The van der Waals surface area contributed by atoms with Crippen LogP contribution in [0.4, 0.5) is 11.4 Å².